The van der Waals surface area contributed by atoms with Crippen molar-refractivity contribution in [3.05, 3.63) is 24.3 Å². The van der Waals surface area contributed by atoms with Gasteiger partial charge in [-0.1, -0.05) is 0 Å². The summed E-state index contributed by atoms with van der Waals surface area (Å²) in [6.45, 7) is 1.16. The van der Waals surface area contributed by atoms with E-state index >= 15 is 0 Å². The Balaban J connectivity index is 0.00000144. The molecule has 2 rings (SSSR count). The highest BCUT2D eigenvalue weighted by Crippen LogP contribution is 2.29. The minimum absolute atomic E-state index is 0. The van der Waals surface area contributed by atoms with E-state index in [1.165, 1.54) is 18.5 Å². The number of quaternary nitrogens is 1. The van der Waals surface area contributed by atoms with Crippen molar-refractivity contribution in [2.24, 2.45) is 0 Å². The fourth-order valence-corrected chi connectivity index (χ4v) is 2.52. The Labute approximate surface area is 110 Å². The first kappa shape index (κ1) is 14.1. The summed E-state index contributed by atoms with van der Waals surface area (Å²) in [6, 6.07) is 8.23. The number of nitrogen functional groups attached to an aromatic ring is 1. The molecule has 0 aromatic heterocycles. The van der Waals surface area contributed by atoms with Gasteiger partial charge in [0.1, 0.15) is 0 Å². The first-order valence-corrected chi connectivity index (χ1v) is 5.92. The molecule has 0 spiro atoms. The summed E-state index contributed by atoms with van der Waals surface area (Å²) in [5.41, 5.74) is 7.86. The van der Waals surface area contributed by atoms with Crippen molar-refractivity contribution in [3.8, 4) is 0 Å². The molecule has 1 saturated heterocycles. The van der Waals surface area contributed by atoms with E-state index in [0.717, 1.165) is 16.7 Å². The average molecular weight is 256 g/mol. The lowest BCUT2D eigenvalue weighted by molar-refractivity contribution is -0.894. The van der Waals surface area contributed by atoms with Crippen LogP contribution in [0.4, 0.5) is 11.4 Å². The average Bonchev–Trinajstić information content (AvgIpc) is 2.66. The third-order valence-electron chi connectivity index (χ3n) is 3.34. The maximum atomic E-state index is 5.72. The van der Waals surface area contributed by atoms with E-state index in [9.17, 15) is 0 Å². The van der Waals surface area contributed by atoms with E-state index in [4.69, 9.17) is 5.73 Å². The van der Waals surface area contributed by atoms with E-state index in [1.807, 2.05) is 12.1 Å². The van der Waals surface area contributed by atoms with Crippen LogP contribution in [0.2, 0.25) is 0 Å². The molecule has 1 unspecified atom stereocenters. The number of hydrogen-bond donors (Lipinski definition) is 1. The molecule has 1 aromatic rings. The largest absolute Gasteiger partial charge is 1.00 e. The van der Waals surface area contributed by atoms with E-state index < -0.39 is 0 Å². The maximum Gasteiger partial charge on any atom is 0.164 e. The molecule has 1 aliphatic heterocycles. The summed E-state index contributed by atoms with van der Waals surface area (Å²) in [6.07, 6.45) is 3.14. The lowest BCUT2D eigenvalue weighted by atomic mass is 10.2. The fraction of sp³-hybridized carbons (Fsp3) is 0.538. The highest BCUT2D eigenvalue weighted by Gasteiger charge is 2.34. The zero-order valence-electron chi connectivity index (χ0n) is 10.9. The molecule has 0 bridgehead atoms. The standard InChI is InChI=1S/C13H22N3.ClH/c1-16(2,3)13-5-4-10-15(13)12-8-6-11(14)7-9-12;/h6-9,13H,4-5,10,14H2,1-3H3;1H/q+1;/p-1. The van der Waals surface area contributed by atoms with Crippen LogP contribution in [-0.4, -0.2) is 38.3 Å². The van der Waals surface area contributed by atoms with Gasteiger partial charge in [0.2, 0.25) is 0 Å². The van der Waals surface area contributed by atoms with Crippen LogP contribution in [0.1, 0.15) is 12.8 Å². The molecular formula is C13H22ClN3. The number of nitrogens with two attached hydrogens (primary N) is 1. The SMILES string of the molecule is C[N+](C)(C)C1CCCN1c1ccc(N)cc1.[Cl-]. The zero-order chi connectivity index (χ0) is 11.8. The first-order valence-electron chi connectivity index (χ1n) is 5.92. The Hall–Kier alpha value is -0.930. The molecule has 0 saturated carbocycles. The summed E-state index contributed by atoms with van der Waals surface area (Å²) < 4.78 is 0.990. The molecule has 0 amide bonds. The summed E-state index contributed by atoms with van der Waals surface area (Å²) in [5, 5.41) is 0. The quantitative estimate of drug-likeness (QED) is 0.537. The van der Waals surface area contributed by atoms with E-state index in [2.05, 4.69) is 38.2 Å². The number of halogens is 1. The predicted molar refractivity (Wildman–Crippen MR) is 69.3 cm³/mol. The molecule has 1 aliphatic rings. The van der Waals surface area contributed by atoms with Crippen molar-refractivity contribution < 1.29 is 16.9 Å². The Bertz CT molecular complexity index is 356. The van der Waals surface area contributed by atoms with Crippen molar-refractivity contribution >= 4 is 11.4 Å². The van der Waals surface area contributed by atoms with Gasteiger partial charge in [-0.05, 0) is 30.7 Å². The second-order valence-corrected chi connectivity index (χ2v) is 5.52. The smallest absolute Gasteiger partial charge is 0.164 e. The Morgan fingerprint density at radius 1 is 1.18 bits per heavy atom. The number of benzene rings is 1. The lowest BCUT2D eigenvalue weighted by Gasteiger charge is -2.38. The van der Waals surface area contributed by atoms with Gasteiger partial charge in [-0.2, -0.15) is 0 Å². The molecule has 0 radical (unpaired) electrons. The summed E-state index contributed by atoms with van der Waals surface area (Å²) >= 11 is 0. The van der Waals surface area contributed by atoms with Gasteiger partial charge < -0.3 is 27.5 Å². The van der Waals surface area contributed by atoms with Gasteiger partial charge in [0, 0.05) is 24.3 Å². The van der Waals surface area contributed by atoms with Crippen molar-refractivity contribution in [1.82, 2.24) is 0 Å². The van der Waals surface area contributed by atoms with Crippen LogP contribution in [-0.2, 0) is 0 Å². The molecule has 17 heavy (non-hydrogen) atoms. The van der Waals surface area contributed by atoms with Gasteiger partial charge in [0.25, 0.3) is 0 Å². The highest BCUT2D eigenvalue weighted by atomic mass is 35.5. The van der Waals surface area contributed by atoms with Crippen molar-refractivity contribution in [2.45, 2.75) is 19.0 Å². The first-order chi connectivity index (χ1) is 7.48. The molecule has 1 aromatic carbocycles. The predicted octanol–water partition coefficient (Wildman–Crippen LogP) is -1.09. The summed E-state index contributed by atoms with van der Waals surface area (Å²) in [7, 11) is 6.79. The van der Waals surface area contributed by atoms with E-state index in [1.54, 1.807) is 0 Å². The monoisotopic (exact) mass is 255 g/mol. The minimum atomic E-state index is 0. The van der Waals surface area contributed by atoms with Crippen LogP contribution < -0.4 is 23.0 Å². The topological polar surface area (TPSA) is 29.3 Å². The molecule has 1 fully saturated rings. The van der Waals surface area contributed by atoms with Gasteiger partial charge >= 0.3 is 0 Å². The lowest BCUT2D eigenvalue weighted by Crippen LogP contribution is -3.00. The number of anilines is 2. The minimum Gasteiger partial charge on any atom is -1.00 e. The van der Waals surface area contributed by atoms with Gasteiger partial charge in [0.15, 0.2) is 6.17 Å². The third-order valence-corrected chi connectivity index (χ3v) is 3.34. The molecule has 1 atom stereocenters. The summed E-state index contributed by atoms with van der Waals surface area (Å²) in [5.74, 6) is 0. The molecule has 2 N–H and O–H groups in total. The van der Waals surface area contributed by atoms with Crippen LogP contribution in [0.3, 0.4) is 0 Å². The second-order valence-electron chi connectivity index (χ2n) is 5.52. The summed E-state index contributed by atoms with van der Waals surface area (Å²) in [4.78, 5) is 2.50. The van der Waals surface area contributed by atoms with Crippen LogP contribution >= 0.6 is 0 Å². The number of hydrogen-bond acceptors (Lipinski definition) is 2. The van der Waals surface area contributed by atoms with Gasteiger partial charge in [0.05, 0.1) is 21.1 Å². The molecule has 96 valence electrons. The number of rotatable bonds is 2. The molecule has 4 heteroatoms. The van der Waals surface area contributed by atoms with Crippen molar-refractivity contribution in [2.75, 3.05) is 38.3 Å². The van der Waals surface area contributed by atoms with E-state index in [0.29, 0.717) is 6.17 Å². The van der Waals surface area contributed by atoms with Crippen LogP contribution in [0.5, 0.6) is 0 Å². The molecule has 0 aliphatic carbocycles. The molecule has 3 nitrogen and oxygen atoms in total. The van der Waals surface area contributed by atoms with Gasteiger partial charge in [-0.3, -0.25) is 0 Å². The van der Waals surface area contributed by atoms with Gasteiger partial charge in [-0.15, -0.1) is 0 Å². The molecule has 1 heterocycles. The van der Waals surface area contributed by atoms with Crippen molar-refractivity contribution in [1.29, 1.82) is 0 Å². The zero-order valence-corrected chi connectivity index (χ0v) is 11.6. The fourth-order valence-electron chi connectivity index (χ4n) is 2.52. The third kappa shape index (κ3) is 3.05. The van der Waals surface area contributed by atoms with Crippen LogP contribution in [0.25, 0.3) is 0 Å². The Morgan fingerprint density at radius 2 is 1.76 bits per heavy atom. The Kier molecular flexibility index (Phi) is 4.28. The second kappa shape index (κ2) is 5.15. The van der Waals surface area contributed by atoms with Crippen LogP contribution in [0, 0.1) is 0 Å². The van der Waals surface area contributed by atoms with Crippen LogP contribution in [0.15, 0.2) is 24.3 Å². The van der Waals surface area contributed by atoms with Gasteiger partial charge in [-0.25, -0.2) is 0 Å². The Morgan fingerprint density at radius 3 is 2.29 bits per heavy atom. The number of nitrogens with zero attached hydrogens (tertiary/aromatic N) is 2. The maximum absolute atomic E-state index is 5.72. The van der Waals surface area contributed by atoms with Crippen molar-refractivity contribution in [3.63, 3.8) is 0 Å². The van der Waals surface area contributed by atoms with E-state index in [-0.39, 0.29) is 12.4 Å². The highest BCUT2D eigenvalue weighted by molar-refractivity contribution is 5.53. The molecular weight excluding hydrogens is 234 g/mol. The normalized spacial score (nSPS) is 20.2.